The number of rotatable bonds is 7. The molecule has 3 rings (SSSR count). The Kier molecular flexibility index (Phi) is 7.65. The number of ether oxygens (including phenoxy) is 2. The number of benzene rings is 2. The summed E-state index contributed by atoms with van der Waals surface area (Å²) in [5.41, 5.74) is 0.889. The SMILES string of the molecule is CCN(C(=O)COC(=O)c1ccc(S(=O)(=O)N2CC(C)OC(C)C2)cc1)c1ccccc1. The Morgan fingerprint density at radius 2 is 1.62 bits per heavy atom. The van der Waals surface area contributed by atoms with Crippen LogP contribution in [0.15, 0.2) is 59.5 Å². The second-order valence-corrected chi connectivity index (χ2v) is 9.59. The van der Waals surface area contributed by atoms with E-state index in [0.717, 1.165) is 5.69 Å². The molecule has 0 aliphatic carbocycles. The van der Waals surface area contributed by atoms with Gasteiger partial charge in [-0.15, -0.1) is 0 Å². The topological polar surface area (TPSA) is 93.2 Å². The van der Waals surface area contributed by atoms with Crippen molar-refractivity contribution >= 4 is 27.6 Å². The van der Waals surface area contributed by atoms with Crippen LogP contribution in [0.25, 0.3) is 0 Å². The molecule has 1 amide bonds. The third-order valence-corrected chi connectivity index (χ3v) is 6.97. The summed E-state index contributed by atoms with van der Waals surface area (Å²) < 4.78 is 38.0. The fraction of sp³-hybridized carbons (Fsp3) is 0.391. The van der Waals surface area contributed by atoms with Crippen molar-refractivity contribution in [1.29, 1.82) is 0 Å². The average Bonchev–Trinajstić information content (AvgIpc) is 2.78. The molecule has 8 nitrogen and oxygen atoms in total. The number of likely N-dealkylation sites (N-methyl/N-ethyl adjacent to an activating group) is 1. The van der Waals surface area contributed by atoms with Crippen LogP contribution in [0.5, 0.6) is 0 Å². The highest BCUT2D eigenvalue weighted by Gasteiger charge is 2.32. The Labute approximate surface area is 188 Å². The number of esters is 1. The molecule has 1 heterocycles. The number of anilines is 1. The van der Waals surface area contributed by atoms with Crippen molar-refractivity contribution < 1.29 is 27.5 Å². The molecule has 2 unspecified atom stereocenters. The highest BCUT2D eigenvalue weighted by molar-refractivity contribution is 7.89. The summed E-state index contributed by atoms with van der Waals surface area (Å²) in [5.74, 6) is -1.04. The van der Waals surface area contributed by atoms with Gasteiger partial charge in [-0.25, -0.2) is 13.2 Å². The Morgan fingerprint density at radius 3 is 2.19 bits per heavy atom. The molecule has 0 bridgehead atoms. The number of amides is 1. The van der Waals surface area contributed by atoms with Crippen molar-refractivity contribution in [3.63, 3.8) is 0 Å². The summed E-state index contributed by atoms with van der Waals surface area (Å²) in [7, 11) is -3.70. The van der Waals surface area contributed by atoms with Crippen molar-refractivity contribution in [2.45, 2.75) is 37.9 Å². The van der Waals surface area contributed by atoms with Crippen molar-refractivity contribution in [3.8, 4) is 0 Å². The van der Waals surface area contributed by atoms with E-state index >= 15 is 0 Å². The minimum absolute atomic E-state index is 0.0904. The van der Waals surface area contributed by atoms with Crippen LogP contribution < -0.4 is 4.90 Å². The first-order valence-corrected chi connectivity index (χ1v) is 11.9. The molecule has 2 aromatic rings. The van der Waals surface area contributed by atoms with Gasteiger partial charge in [0.25, 0.3) is 5.91 Å². The zero-order valence-electron chi connectivity index (χ0n) is 18.4. The first-order valence-electron chi connectivity index (χ1n) is 10.5. The molecule has 1 aliphatic rings. The Bertz CT molecular complexity index is 1030. The lowest BCUT2D eigenvalue weighted by atomic mass is 10.2. The Balaban J connectivity index is 1.63. The maximum Gasteiger partial charge on any atom is 0.338 e. The molecule has 32 heavy (non-hydrogen) atoms. The molecular formula is C23H28N2O6S. The van der Waals surface area contributed by atoms with E-state index in [1.54, 1.807) is 12.1 Å². The molecule has 0 radical (unpaired) electrons. The lowest BCUT2D eigenvalue weighted by Gasteiger charge is -2.34. The van der Waals surface area contributed by atoms with E-state index in [2.05, 4.69) is 0 Å². The zero-order chi connectivity index (χ0) is 23.3. The molecule has 0 aromatic heterocycles. The van der Waals surface area contributed by atoms with E-state index in [0.29, 0.717) is 6.54 Å². The van der Waals surface area contributed by atoms with Gasteiger partial charge in [-0.3, -0.25) is 4.79 Å². The highest BCUT2D eigenvalue weighted by atomic mass is 32.2. The summed E-state index contributed by atoms with van der Waals surface area (Å²) >= 11 is 0. The molecule has 0 saturated carbocycles. The predicted octanol–water partition coefficient (Wildman–Crippen LogP) is 2.69. The smallest absolute Gasteiger partial charge is 0.338 e. The third-order valence-electron chi connectivity index (χ3n) is 5.13. The van der Waals surface area contributed by atoms with Gasteiger partial charge in [-0.05, 0) is 57.2 Å². The molecule has 0 spiro atoms. The number of nitrogens with zero attached hydrogens (tertiary/aromatic N) is 2. The number of carbonyl (C=O) groups excluding carboxylic acids is 2. The van der Waals surface area contributed by atoms with Crippen molar-refractivity contribution in [3.05, 3.63) is 60.2 Å². The van der Waals surface area contributed by atoms with Gasteiger partial charge in [0.15, 0.2) is 6.61 Å². The van der Waals surface area contributed by atoms with E-state index in [9.17, 15) is 18.0 Å². The maximum atomic E-state index is 12.9. The van der Waals surface area contributed by atoms with Crippen LogP contribution in [0.2, 0.25) is 0 Å². The number of carbonyl (C=O) groups is 2. The number of para-hydroxylation sites is 1. The van der Waals surface area contributed by atoms with Crippen LogP contribution in [0.1, 0.15) is 31.1 Å². The van der Waals surface area contributed by atoms with Gasteiger partial charge in [-0.1, -0.05) is 18.2 Å². The number of hydrogen-bond acceptors (Lipinski definition) is 6. The summed E-state index contributed by atoms with van der Waals surface area (Å²) in [6, 6.07) is 14.6. The second-order valence-electron chi connectivity index (χ2n) is 7.65. The van der Waals surface area contributed by atoms with E-state index in [1.165, 1.54) is 33.5 Å². The number of morpholine rings is 1. The predicted molar refractivity (Wildman–Crippen MR) is 120 cm³/mol. The van der Waals surface area contributed by atoms with Gasteiger partial charge >= 0.3 is 5.97 Å². The summed E-state index contributed by atoms with van der Waals surface area (Å²) in [6.45, 7) is 6.06. The molecular weight excluding hydrogens is 432 g/mol. The molecule has 1 aliphatic heterocycles. The Hall–Kier alpha value is -2.75. The van der Waals surface area contributed by atoms with Gasteiger partial charge in [0.1, 0.15) is 0 Å². The van der Waals surface area contributed by atoms with Crippen LogP contribution in [0.4, 0.5) is 5.69 Å². The molecule has 0 N–H and O–H groups in total. The molecule has 1 fully saturated rings. The summed E-state index contributed by atoms with van der Waals surface area (Å²) in [5, 5.41) is 0. The monoisotopic (exact) mass is 460 g/mol. The van der Waals surface area contributed by atoms with E-state index in [4.69, 9.17) is 9.47 Å². The van der Waals surface area contributed by atoms with Gasteiger partial charge in [-0.2, -0.15) is 4.31 Å². The van der Waals surface area contributed by atoms with Crippen LogP contribution in [-0.2, 0) is 24.3 Å². The van der Waals surface area contributed by atoms with E-state index < -0.39 is 22.6 Å². The fourth-order valence-electron chi connectivity index (χ4n) is 3.64. The number of sulfonamides is 1. The number of hydrogen-bond donors (Lipinski definition) is 0. The molecule has 2 aromatic carbocycles. The summed E-state index contributed by atoms with van der Waals surface area (Å²) in [4.78, 5) is 26.5. The molecule has 9 heteroatoms. The minimum atomic E-state index is -3.70. The van der Waals surface area contributed by atoms with E-state index in [-0.39, 0.29) is 41.7 Å². The third kappa shape index (κ3) is 5.53. The highest BCUT2D eigenvalue weighted by Crippen LogP contribution is 2.22. The second kappa shape index (κ2) is 10.2. The zero-order valence-corrected chi connectivity index (χ0v) is 19.2. The normalized spacial score (nSPS) is 19.3. The van der Waals surface area contributed by atoms with Crippen LogP contribution >= 0.6 is 0 Å². The van der Waals surface area contributed by atoms with Crippen LogP contribution in [0, 0.1) is 0 Å². The fourth-order valence-corrected chi connectivity index (χ4v) is 5.23. The lowest BCUT2D eigenvalue weighted by molar-refractivity contribution is -0.121. The average molecular weight is 461 g/mol. The van der Waals surface area contributed by atoms with Gasteiger partial charge in [0, 0.05) is 25.3 Å². The molecule has 172 valence electrons. The molecule has 2 atom stereocenters. The maximum absolute atomic E-state index is 12.9. The minimum Gasteiger partial charge on any atom is -0.452 e. The molecule has 1 saturated heterocycles. The van der Waals surface area contributed by atoms with Gasteiger partial charge < -0.3 is 14.4 Å². The first-order chi connectivity index (χ1) is 15.2. The van der Waals surface area contributed by atoms with E-state index in [1.807, 2.05) is 39.0 Å². The van der Waals surface area contributed by atoms with Crippen molar-refractivity contribution in [2.24, 2.45) is 0 Å². The van der Waals surface area contributed by atoms with Crippen LogP contribution in [-0.4, -0.2) is 63.0 Å². The first kappa shape index (κ1) is 23.9. The van der Waals surface area contributed by atoms with Crippen LogP contribution in [0.3, 0.4) is 0 Å². The standard InChI is InChI=1S/C23H28N2O6S/c1-4-25(20-8-6-5-7-9-20)22(26)16-30-23(27)19-10-12-21(13-11-19)32(28,29)24-14-17(2)31-18(3)15-24/h5-13,17-18H,4,14-16H2,1-3H3. The Morgan fingerprint density at radius 1 is 1.03 bits per heavy atom. The van der Waals surface area contributed by atoms with Crippen molar-refractivity contribution in [2.75, 3.05) is 31.1 Å². The lowest BCUT2D eigenvalue weighted by Crippen LogP contribution is -2.48. The van der Waals surface area contributed by atoms with Gasteiger partial charge in [0.2, 0.25) is 10.0 Å². The quantitative estimate of drug-likeness (QED) is 0.590. The van der Waals surface area contributed by atoms with Gasteiger partial charge in [0.05, 0.1) is 22.7 Å². The summed E-state index contributed by atoms with van der Waals surface area (Å²) in [6.07, 6.45) is -0.391. The van der Waals surface area contributed by atoms with Crippen molar-refractivity contribution in [1.82, 2.24) is 4.31 Å². The largest absolute Gasteiger partial charge is 0.452 e.